The van der Waals surface area contributed by atoms with Crippen LogP contribution in [0.5, 0.6) is 0 Å². The number of hydrogen-bond donors (Lipinski definition) is 1. The van der Waals surface area contributed by atoms with Gasteiger partial charge in [-0.2, -0.15) is 0 Å². The molecular weight excluding hydrogens is 246 g/mol. The normalized spacial score (nSPS) is 10.1. The molecule has 1 heterocycles. The Labute approximate surface area is 112 Å². The summed E-state index contributed by atoms with van der Waals surface area (Å²) >= 11 is 1.43. The third kappa shape index (κ3) is 3.86. The van der Waals surface area contributed by atoms with E-state index in [0.717, 1.165) is 17.8 Å². The number of aliphatic hydroxyl groups is 1. The summed E-state index contributed by atoms with van der Waals surface area (Å²) in [5.41, 5.74) is 0.685. The van der Waals surface area contributed by atoms with Crippen molar-refractivity contribution >= 4 is 17.2 Å². The average molecular weight is 265 g/mol. The molecule has 1 rings (SSSR count). The molecule has 0 unspecified atom stereocenters. The predicted octanol–water partition coefficient (Wildman–Crippen LogP) is 2.35. The van der Waals surface area contributed by atoms with E-state index in [1.807, 2.05) is 24.1 Å². The fourth-order valence-electron chi connectivity index (χ4n) is 1.64. The SMILES string of the molecule is CCCN(C(=O)c1csc(C#CCO)c1)C(C)C. The zero-order valence-corrected chi connectivity index (χ0v) is 11.9. The van der Waals surface area contributed by atoms with Crippen molar-refractivity contribution in [3.05, 3.63) is 21.9 Å². The zero-order chi connectivity index (χ0) is 13.5. The van der Waals surface area contributed by atoms with Gasteiger partial charge in [-0.3, -0.25) is 4.79 Å². The first-order chi connectivity index (χ1) is 8.60. The Morgan fingerprint density at radius 3 is 2.83 bits per heavy atom. The maximum Gasteiger partial charge on any atom is 0.254 e. The molecule has 0 aliphatic heterocycles. The fourth-order valence-corrected chi connectivity index (χ4v) is 2.39. The van der Waals surface area contributed by atoms with Gasteiger partial charge in [0.25, 0.3) is 5.91 Å². The monoisotopic (exact) mass is 265 g/mol. The second kappa shape index (κ2) is 7.20. The standard InChI is InChI=1S/C14H19NO2S/c1-4-7-15(11(2)3)14(17)12-9-13(18-10-12)6-5-8-16/h9-11,16H,4,7-8H2,1-3H3. The van der Waals surface area contributed by atoms with Crippen molar-refractivity contribution in [2.45, 2.75) is 33.2 Å². The number of carbonyl (C=O) groups excluding carboxylic acids is 1. The van der Waals surface area contributed by atoms with Gasteiger partial charge in [0.2, 0.25) is 0 Å². The second-order valence-corrected chi connectivity index (χ2v) is 5.16. The third-order valence-electron chi connectivity index (χ3n) is 2.49. The average Bonchev–Trinajstić information content (AvgIpc) is 2.81. The van der Waals surface area contributed by atoms with Crippen molar-refractivity contribution in [1.29, 1.82) is 0 Å². The summed E-state index contributed by atoms with van der Waals surface area (Å²) in [6.07, 6.45) is 0.950. The summed E-state index contributed by atoms with van der Waals surface area (Å²) in [7, 11) is 0. The van der Waals surface area contributed by atoms with Gasteiger partial charge >= 0.3 is 0 Å². The van der Waals surface area contributed by atoms with Crippen LogP contribution in [0.2, 0.25) is 0 Å². The lowest BCUT2D eigenvalue weighted by Gasteiger charge is -2.25. The molecule has 0 radical (unpaired) electrons. The molecule has 0 saturated heterocycles. The lowest BCUT2D eigenvalue weighted by Crippen LogP contribution is -2.37. The Bertz CT molecular complexity index is 454. The highest BCUT2D eigenvalue weighted by Gasteiger charge is 2.18. The van der Waals surface area contributed by atoms with Gasteiger partial charge in [0.15, 0.2) is 0 Å². The molecular formula is C14H19NO2S. The minimum absolute atomic E-state index is 0.0557. The molecule has 1 aromatic heterocycles. The maximum absolute atomic E-state index is 12.3. The number of carbonyl (C=O) groups is 1. The van der Waals surface area contributed by atoms with Crippen molar-refractivity contribution < 1.29 is 9.90 Å². The van der Waals surface area contributed by atoms with E-state index in [1.165, 1.54) is 11.3 Å². The van der Waals surface area contributed by atoms with Gasteiger partial charge in [0, 0.05) is 18.0 Å². The lowest BCUT2D eigenvalue weighted by molar-refractivity contribution is 0.0706. The number of nitrogens with zero attached hydrogens (tertiary/aromatic N) is 1. The van der Waals surface area contributed by atoms with Gasteiger partial charge in [0.05, 0.1) is 10.4 Å². The van der Waals surface area contributed by atoms with Gasteiger partial charge in [-0.25, -0.2) is 0 Å². The highest BCUT2D eigenvalue weighted by atomic mass is 32.1. The summed E-state index contributed by atoms with van der Waals surface area (Å²) in [5.74, 6) is 5.46. The Balaban J connectivity index is 2.85. The summed E-state index contributed by atoms with van der Waals surface area (Å²) in [6, 6.07) is 1.99. The van der Waals surface area contributed by atoms with E-state index in [4.69, 9.17) is 5.11 Å². The number of thiophene rings is 1. The first-order valence-electron chi connectivity index (χ1n) is 6.09. The second-order valence-electron chi connectivity index (χ2n) is 4.25. The Morgan fingerprint density at radius 1 is 1.56 bits per heavy atom. The number of rotatable bonds is 4. The van der Waals surface area contributed by atoms with E-state index >= 15 is 0 Å². The first-order valence-corrected chi connectivity index (χ1v) is 6.97. The summed E-state index contributed by atoms with van der Waals surface area (Å²) in [4.78, 5) is 15.0. The minimum Gasteiger partial charge on any atom is -0.384 e. The van der Waals surface area contributed by atoms with Crippen molar-refractivity contribution in [1.82, 2.24) is 4.90 Å². The van der Waals surface area contributed by atoms with Crippen LogP contribution in [-0.2, 0) is 0 Å². The topological polar surface area (TPSA) is 40.5 Å². The van der Waals surface area contributed by atoms with Gasteiger partial charge < -0.3 is 10.0 Å². The highest BCUT2D eigenvalue weighted by molar-refractivity contribution is 7.10. The van der Waals surface area contributed by atoms with Crippen LogP contribution >= 0.6 is 11.3 Å². The van der Waals surface area contributed by atoms with Gasteiger partial charge in [-0.15, -0.1) is 11.3 Å². The van der Waals surface area contributed by atoms with Crippen molar-refractivity contribution in [3.63, 3.8) is 0 Å². The van der Waals surface area contributed by atoms with Crippen LogP contribution in [0.4, 0.5) is 0 Å². The van der Waals surface area contributed by atoms with E-state index < -0.39 is 0 Å². The molecule has 0 bridgehead atoms. The third-order valence-corrected chi connectivity index (χ3v) is 3.33. The summed E-state index contributed by atoms with van der Waals surface area (Å²) < 4.78 is 0. The largest absolute Gasteiger partial charge is 0.384 e. The molecule has 3 nitrogen and oxygen atoms in total. The smallest absolute Gasteiger partial charge is 0.254 e. The quantitative estimate of drug-likeness (QED) is 0.849. The molecule has 4 heteroatoms. The number of aliphatic hydroxyl groups excluding tert-OH is 1. The molecule has 1 aromatic rings. The van der Waals surface area contributed by atoms with E-state index in [2.05, 4.69) is 18.8 Å². The first kappa shape index (κ1) is 14.7. The molecule has 0 aromatic carbocycles. The molecule has 0 spiro atoms. The van der Waals surface area contributed by atoms with Crippen LogP contribution in [0.1, 0.15) is 42.4 Å². The van der Waals surface area contributed by atoms with Crippen molar-refractivity contribution in [2.75, 3.05) is 13.2 Å². The van der Waals surface area contributed by atoms with Crippen LogP contribution < -0.4 is 0 Å². The molecule has 0 fully saturated rings. The van der Waals surface area contributed by atoms with Crippen molar-refractivity contribution in [2.24, 2.45) is 0 Å². The van der Waals surface area contributed by atoms with Crippen LogP contribution in [0.3, 0.4) is 0 Å². The van der Waals surface area contributed by atoms with Gasteiger partial charge in [-0.05, 0) is 26.3 Å². The molecule has 0 atom stereocenters. The van der Waals surface area contributed by atoms with Crippen molar-refractivity contribution in [3.8, 4) is 11.8 Å². The Morgan fingerprint density at radius 2 is 2.28 bits per heavy atom. The van der Waals surface area contributed by atoms with E-state index in [1.54, 1.807) is 6.07 Å². The van der Waals surface area contributed by atoms with Gasteiger partial charge in [-0.1, -0.05) is 18.8 Å². The van der Waals surface area contributed by atoms with Crippen LogP contribution in [0.15, 0.2) is 11.4 Å². The lowest BCUT2D eigenvalue weighted by atomic mass is 10.2. The summed E-state index contributed by atoms with van der Waals surface area (Å²) in [5, 5.41) is 10.5. The number of amides is 1. The molecule has 0 aliphatic rings. The summed E-state index contributed by atoms with van der Waals surface area (Å²) in [6.45, 7) is 6.71. The van der Waals surface area contributed by atoms with Gasteiger partial charge in [0.1, 0.15) is 6.61 Å². The fraction of sp³-hybridized carbons (Fsp3) is 0.500. The predicted molar refractivity (Wildman–Crippen MR) is 74.7 cm³/mol. The van der Waals surface area contributed by atoms with Crippen LogP contribution in [0.25, 0.3) is 0 Å². The number of hydrogen-bond acceptors (Lipinski definition) is 3. The molecule has 98 valence electrons. The molecule has 18 heavy (non-hydrogen) atoms. The Kier molecular flexibility index (Phi) is 5.90. The minimum atomic E-state index is -0.158. The highest BCUT2D eigenvalue weighted by Crippen LogP contribution is 2.17. The van der Waals surface area contributed by atoms with E-state index in [0.29, 0.717) is 5.56 Å². The molecule has 1 N–H and O–H groups in total. The zero-order valence-electron chi connectivity index (χ0n) is 11.1. The van der Waals surface area contributed by atoms with E-state index in [9.17, 15) is 4.79 Å². The van der Waals surface area contributed by atoms with Crippen LogP contribution in [0, 0.1) is 11.8 Å². The van der Waals surface area contributed by atoms with Crippen LogP contribution in [-0.4, -0.2) is 35.1 Å². The molecule has 0 aliphatic carbocycles. The molecule has 1 amide bonds. The Hall–Kier alpha value is -1.31. The maximum atomic E-state index is 12.3. The molecule has 0 saturated carbocycles. The van der Waals surface area contributed by atoms with E-state index in [-0.39, 0.29) is 18.6 Å².